The van der Waals surface area contributed by atoms with Crippen molar-refractivity contribution in [2.24, 2.45) is 0 Å². The number of rotatable bonds is 2. The molecular formula is C11H14N2O4. The van der Waals surface area contributed by atoms with E-state index >= 15 is 0 Å². The molecule has 92 valence electrons. The summed E-state index contributed by atoms with van der Waals surface area (Å²) in [6, 6.07) is 1.52. The Bertz CT molecular complexity index is 468. The zero-order valence-corrected chi connectivity index (χ0v) is 9.77. The van der Waals surface area contributed by atoms with Crippen molar-refractivity contribution in [2.75, 3.05) is 6.54 Å². The number of hydrogen-bond acceptors (Lipinski definition) is 4. The largest absolute Gasteiger partial charge is 0.480 e. The maximum absolute atomic E-state index is 12.1. The number of likely N-dealkylation sites (tertiary alicyclic amines) is 1. The third-order valence-corrected chi connectivity index (χ3v) is 3.19. The van der Waals surface area contributed by atoms with Crippen LogP contribution in [0, 0.1) is 6.92 Å². The van der Waals surface area contributed by atoms with Crippen LogP contribution in [0.2, 0.25) is 0 Å². The van der Waals surface area contributed by atoms with E-state index in [4.69, 9.17) is 4.52 Å². The summed E-state index contributed by atoms with van der Waals surface area (Å²) >= 11 is 0. The average Bonchev–Trinajstić information content (AvgIpc) is 2.85. The smallest absolute Gasteiger partial charge is 0.329 e. The SMILES string of the molecule is Cc1cc(C(=O)N2CCCC2(C)C(=O)O)on1. The molecule has 1 fully saturated rings. The number of aromatic nitrogens is 1. The van der Waals surface area contributed by atoms with Crippen LogP contribution in [-0.2, 0) is 4.79 Å². The Morgan fingerprint density at radius 1 is 1.59 bits per heavy atom. The minimum Gasteiger partial charge on any atom is -0.480 e. The lowest BCUT2D eigenvalue weighted by atomic mass is 9.99. The van der Waals surface area contributed by atoms with Crippen LogP contribution in [0.4, 0.5) is 0 Å². The molecular weight excluding hydrogens is 224 g/mol. The minimum atomic E-state index is -1.14. The average molecular weight is 238 g/mol. The van der Waals surface area contributed by atoms with Crippen LogP contribution < -0.4 is 0 Å². The van der Waals surface area contributed by atoms with Crippen LogP contribution in [-0.4, -0.2) is 39.1 Å². The van der Waals surface area contributed by atoms with Gasteiger partial charge in [0, 0.05) is 12.6 Å². The van der Waals surface area contributed by atoms with Gasteiger partial charge in [0.1, 0.15) is 5.54 Å². The van der Waals surface area contributed by atoms with Gasteiger partial charge in [-0.25, -0.2) is 4.79 Å². The number of hydrogen-bond donors (Lipinski definition) is 1. The Hall–Kier alpha value is -1.85. The fourth-order valence-corrected chi connectivity index (χ4v) is 2.11. The van der Waals surface area contributed by atoms with Gasteiger partial charge in [-0.15, -0.1) is 0 Å². The van der Waals surface area contributed by atoms with E-state index in [1.807, 2.05) is 0 Å². The fraction of sp³-hybridized carbons (Fsp3) is 0.545. The molecule has 2 heterocycles. The van der Waals surface area contributed by atoms with Crippen molar-refractivity contribution in [3.05, 3.63) is 17.5 Å². The van der Waals surface area contributed by atoms with Crippen molar-refractivity contribution >= 4 is 11.9 Å². The normalized spacial score (nSPS) is 24.0. The second-order valence-electron chi connectivity index (χ2n) is 4.47. The summed E-state index contributed by atoms with van der Waals surface area (Å²) in [5, 5.41) is 12.8. The van der Waals surface area contributed by atoms with Gasteiger partial charge in [-0.3, -0.25) is 4.79 Å². The van der Waals surface area contributed by atoms with Crippen LogP contribution in [0.15, 0.2) is 10.6 Å². The standard InChI is InChI=1S/C11H14N2O4/c1-7-6-8(17-12-7)9(14)13-5-3-4-11(13,2)10(15)16/h6H,3-5H2,1-2H3,(H,15,16). The lowest BCUT2D eigenvalue weighted by Gasteiger charge is -2.30. The molecule has 2 rings (SSSR count). The van der Waals surface area contributed by atoms with E-state index in [0.29, 0.717) is 25.1 Å². The summed E-state index contributed by atoms with van der Waals surface area (Å²) in [4.78, 5) is 24.7. The van der Waals surface area contributed by atoms with E-state index in [0.717, 1.165) is 0 Å². The van der Waals surface area contributed by atoms with Gasteiger partial charge in [0.25, 0.3) is 5.91 Å². The van der Waals surface area contributed by atoms with Crippen LogP contribution in [0.25, 0.3) is 0 Å². The van der Waals surface area contributed by atoms with Crippen LogP contribution in [0.1, 0.15) is 36.0 Å². The van der Waals surface area contributed by atoms with E-state index in [-0.39, 0.29) is 5.76 Å². The number of carbonyl (C=O) groups is 2. The van der Waals surface area contributed by atoms with Crippen LogP contribution in [0.3, 0.4) is 0 Å². The summed E-state index contributed by atoms with van der Waals surface area (Å²) in [5.74, 6) is -1.30. The number of amides is 1. The van der Waals surface area contributed by atoms with E-state index in [1.165, 1.54) is 11.0 Å². The molecule has 1 aromatic rings. The highest BCUT2D eigenvalue weighted by Gasteiger charge is 2.46. The second kappa shape index (κ2) is 3.87. The number of nitrogens with zero attached hydrogens (tertiary/aromatic N) is 2. The Balaban J connectivity index is 2.28. The van der Waals surface area contributed by atoms with Crippen molar-refractivity contribution in [2.45, 2.75) is 32.2 Å². The fourth-order valence-electron chi connectivity index (χ4n) is 2.11. The number of carboxylic acid groups (broad SMARTS) is 1. The van der Waals surface area contributed by atoms with Crippen LogP contribution >= 0.6 is 0 Å². The molecule has 0 aromatic carbocycles. The highest BCUT2D eigenvalue weighted by Crippen LogP contribution is 2.30. The van der Waals surface area contributed by atoms with E-state index in [9.17, 15) is 14.7 Å². The maximum atomic E-state index is 12.1. The molecule has 6 nitrogen and oxygen atoms in total. The Labute approximate surface area is 98.2 Å². The molecule has 0 radical (unpaired) electrons. The summed E-state index contributed by atoms with van der Waals surface area (Å²) in [5.41, 5.74) is -0.540. The predicted octanol–water partition coefficient (Wildman–Crippen LogP) is 1.06. The monoisotopic (exact) mass is 238 g/mol. The van der Waals surface area contributed by atoms with Crippen molar-refractivity contribution in [1.82, 2.24) is 10.1 Å². The molecule has 1 amide bonds. The van der Waals surface area contributed by atoms with Gasteiger partial charge in [-0.2, -0.15) is 0 Å². The van der Waals surface area contributed by atoms with Crippen molar-refractivity contribution in [3.63, 3.8) is 0 Å². The third kappa shape index (κ3) is 1.79. The molecule has 1 saturated heterocycles. The lowest BCUT2D eigenvalue weighted by molar-refractivity contribution is -0.147. The number of aliphatic carboxylic acids is 1. The predicted molar refractivity (Wildman–Crippen MR) is 57.6 cm³/mol. The van der Waals surface area contributed by atoms with Gasteiger partial charge in [-0.05, 0) is 26.7 Å². The molecule has 0 aliphatic carbocycles. The quantitative estimate of drug-likeness (QED) is 0.832. The van der Waals surface area contributed by atoms with E-state index in [2.05, 4.69) is 5.16 Å². The molecule has 1 aliphatic rings. The Morgan fingerprint density at radius 2 is 2.29 bits per heavy atom. The molecule has 17 heavy (non-hydrogen) atoms. The molecule has 1 aliphatic heterocycles. The topological polar surface area (TPSA) is 83.6 Å². The van der Waals surface area contributed by atoms with Gasteiger partial charge in [0.15, 0.2) is 0 Å². The summed E-state index contributed by atoms with van der Waals surface area (Å²) in [6.45, 7) is 3.70. The molecule has 1 atom stereocenters. The number of carboxylic acids is 1. The number of carbonyl (C=O) groups excluding carboxylic acids is 1. The molecule has 0 saturated carbocycles. The second-order valence-corrected chi connectivity index (χ2v) is 4.47. The van der Waals surface area contributed by atoms with Gasteiger partial charge < -0.3 is 14.5 Å². The molecule has 1 aromatic heterocycles. The zero-order valence-electron chi connectivity index (χ0n) is 9.77. The van der Waals surface area contributed by atoms with Gasteiger partial charge in [0.05, 0.1) is 5.69 Å². The minimum absolute atomic E-state index is 0.0943. The Morgan fingerprint density at radius 3 is 2.82 bits per heavy atom. The molecule has 0 spiro atoms. The summed E-state index contributed by atoms with van der Waals surface area (Å²) < 4.78 is 4.88. The first-order chi connectivity index (χ1) is 7.95. The summed E-state index contributed by atoms with van der Waals surface area (Å²) in [6.07, 6.45) is 1.14. The van der Waals surface area contributed by atoms with Crippen LogP contribution in [0.5, 0.6) is 0 Å². The highest BCUT2D eigenvalue weighted by atomic mass is 16.5. The van der Waals surface area contributed by atoms with Crippen molar-refractivity contribution < 1.29 is 19.2 Å². The third-order valence-electron chi connectivity index (χ3n) is 3.19. The lowest BCUT2D eigenvalue weighted by Crippen LogP contribution is -2.50. The van der Waals surface area contributed by atoms with Crippen molar-refractivity contribution in [3.8, 4) is 0 Å². The molecule has 1 unspecified atom stereocenters. The first-order valence-corrected chi connectivity index (χ1v) is 5.44. The molecule has 1 N–H and O–H groups in total. The first kappa shape index (κ1) is 11.6. The van der Waals surface area contributed by atoms with E-state index in [1.54, 1.807) is 13.8 Å². The zero-order chi connectivity index (χ0) is 12.6. The first-order valence-electron chi connectivity index (χ1n) is 5.44. The van der Waals surface area contributed by atoms with Gasteiger partial charge in [-0.1, -0.05) is 5.16 Å². The Kier molecular flexibility index (Phi) is 2.65. The number of aryl methyl sites for hydroxylation is 1. The van der Waals surface area contributed by atoms with Gasteiger partial charge in [0.2, 0.25) is 5.76 Å². The van der Waals surface area contributed by atoms with Crippen molar-refractivity contribution in [1.29, 1.82) is 0 Å². The van der Waals surface area contributed by atoms with Gasteiger partial charge >= 0.3 is 5.97 Å². The highest BCUT2D eigenvalue weighted by molar-refractivity contribution is 5.96. The summed E-state index contributed by atoms with van der Waals surface area (Å²) in [7, 11) is 0. The molecule has 6 heteroatoms. The molecule has 0 bridgehead atoms. The van der Waals surface area contributed by atoms with E-state index < -0.39 is 17.4 Å². The maximum Gasteiger partial charge on any atom is 0.329 e.